The van der Waals surface area contributed by atoms with Crippen LogP contribution in [0.4, 0.5) is 0 Å². The van der Waals surface area contributed by atoms with Crippen molar-refractivity contribution in [2.45, 2.75) is 95.0 Å². The number of nitrogens with one attached hydrogen (secondary N) is 2. The monoisotopic (exact) mass is 530 g/mol. The summed E-state index contributed by atoms with van der Waals surface area (Å²) in [4.78, 5) is 36.9. The van der Waals surface area contributed by atoms with Crippen LogP contribution in [-0.4, -0.2) is 76.9 Å². The van der Waals surface area contributed by atoms with Gasteiger partial charge in [-0.1, -0.05) is 24.3 Å². The van der Waals surface area contributed by atoms with E-state index in [0.29, 0.717) is 18.4 Å². The Kier molecular flexibility index (Phi) is 8.56. The van der Waals surface area contributed by atoms with E-state index in [2.05, 4.69) is 10.6 Å². The molecule has 4 N–H and O–H groups in total. The molecule has 1 aliphatic heterocycles. The summed E-state index contributed by atoms with van der Waals surface area (Å²) < 4.78 is 17.7. The molecule has 1 aromatic rings. The molecule has 4 rings (SSSR count). The highest BCUT2D eigenvalue weighted by atomic mass is 16.8. The molecule has 10 nitrogen and oxygen atoms in total. The van der Waals surface area contributed by atoms with Crippen molar-refractivity contribution in [2.75, 3.05) is 13.2 Å². The third-order valence-corrected chi connectivity index (χ3v) is 6.87. The Morgan fingerprint density at radius 3 is 2.45 bits per heavy atom. The van der Waals surface area contributed by atoms with E-state index in [0.717, 1.165) is 11.1 Å². The van der Waals surface area contributed by atoms with Crippen molar-refractivity contribution >= 4 is 17.8 Å². The molecule has 1 heterocycles. The molecule has 1 aromatic carbocycles. The molecule has 208 valence electrons. The highest BCUT2D eigenvalue weighted by Crippen LogP contribution is 2.44. The first-order chi connectivity index (χ1) is 18.0. The molecule has 0 saturated carbocycles. The molecule has 0 aromatic heterocycles. The topological polar surface area (TPSA) is 143 Å². The molecule has 0 radical (unpaired) electrons. The molecule has 0 unspecified atom stereocenters. The smallest absolute Gasteiger partial charge is 0.306 e. The fourth-order valence-corrected chi connectivity index (χ4v) is 5.17. The number of amides is 2. The lowest BCUT2D eigenvalue weighted by atomic mass is 9.92. The Bertz CT molecular complexity index is 1050. The van der Waals surface area contributed by atoms with Crippen molar-refractivity contribution in [2.24, 2.45) is 0 Å². The summed E-state index contributed by atoms with van der Waals surface area (Å²) in [7, 11) is 0. The van der Waals surface area contributed by atoms with Crippen molar-refractivity contribution in [1.82, 2.24) is 10.6 Å². The molecule has 0 bridgehead atoms. The summed E-state index contributed by atoms with van der Waals surface area (Å²) in [5.41, 5.74) is 2.11. The Balaban J connectivity index is 1.22. The molecule has 1 fully saturated rings. The van der Waals surface area contributed by atoms with Gasteiger partial charge in [0.1, 0.15) is 17.8 Å². The first-order valence-corrected chi connectivity index (χ1v) is 13.2. The quantitative estimate of drug-likeness (QED) is 0.347. The van der Waals surface area contributed by atoms with Crippen molar-refractivity contribution in [3.8, 4) is 0 Å². The van der Waals surface area contributed by atoms with E-state index in [1.807, 2.05) is 24.3 Å². The molecule has 3 aliphatic rings. The number of rotatable bonds is 9. The zero-order valence-corrected chi connectivity index (χ0v) is 22.2. The van der Waals surface area contributed by atoms with Crippen LogP contribution in [0.5, 0.6) is 0 Å². The van der Waals surface area contributed by atoms with E-state index in [4.69, 9.17) is 14.2 Å². The van der Waals surface area contributed by atoms with Crippen molar-refractivity contribution in [3.05, 3.63) is 47.0 Å². The summed E-state index contributed by atoms with van der Waals surface area (Å²) in [6, 6.07) is 7.46. The summed E-state index contributed by atoms with van der Waals surface area (Å²) >= 11 is 0. The third kappa shape index (κ3) is 6.99. The number of ether oxygens (including phenoxy) is 3. The second-order valence-electron chi connectivity index (χ2n) is 11.2. The third-order valence-electron chi connectivity index (χ3n) is 6.87. The maximum absolute atomic E-state index is 12.8. The lowest BCUT2D eigenvalue weighted by Gasteiger charge is -2.26. The van der Waals surface area contributed by atoms with Gasteiger partial charge in [-0.15, -0.1) is 0 Å². The number of fused-ring (bicyclic) bond motifs is 2. The maximum Gasteiger partial charge on any atom is 0.306 e. The van der Waals surface area contributed by atoms with Gasteiger partial charge in [-0.05, 0) is 44.4 Å². The van der Waals surface area contributed by atoms with Crippen LogP contribution in [0.15, 0.2) is 35.9 Å². The van der Waals surface area contributed by atoms with Gasteiger partial charge >= 0.3 is 5.97 Å². The summed E-state index contributed by atoms with van der Waals surface area (Å²) in [6.07, 6.45) is 1.38. The predicted octanol–water partition coefficient (Wildman–Crippen LogP) is 1.06. The SMILES string of the molecule is CC(C)(C)OC(=O)CC[C@@H](CO)NC(=O)CCNC(=O)C1=C[C@H]2OC3(Cc4ccccc4C3)O[C@H]2[C@H](O)C1. The minimum atomic E-state index is -0.882. The first kappa shape index (κ1) is 28.2. The lowest BCUT2D eigenvalue weighted by Crippen LogP contribution is -2.42. The number of hydrogen-bond acceptors (Lipinski definition) is 8. The molecule has 2 aliphatic carbocycles. The minimum absolute atomic E-state index is 0.00243. The molecular formula is C28H38N2O8. The molecular weight excluding hydrogens is 492 g/mol. The van der Waals surface area contributed by atoms with Crippen LogP contribution in [-0.2, 0) is 41.4 Å². The van der Waals surface area contributed by atoms with E-state index in [-0.39, 0.29) is 50.6 Å². The number of carbonyl (C=O) groups excluding carboxylic acids is 3. The first-order valence-electron chi connectivity index (χ1n) is 13.2. The van der Waals surface area contributed by atoms with Gasteiger partial charge in [0.25, 0.3) is 0 Å². The molecule has 1 spiro atoms. The molecule has 4 atom stereocenters. The lowest BCUT2D eigenvalue weighted by molar-refractivity contribution is -0.171. The van der Waals surface area contributed by atoms with E-state index < -0.39 is 41.7 Å². The maximum atomic E-state index is 12.8. The largest absolute Gasteiger partial charge is 0.460 e. The molecule has 38 heavy (non-hydrogen) atoms. The van der Waals surface area contributed by atoms with Crippen LogP contribution >= 0.6 is 0 Å². The molecule has 10 heteroatoms. The fourth-order valence-electron chi connectivity index (χ4n) is 5.17. The number of aliphatic hydroxyl groups is 2. The van der Waals surface area contributed by atoms with Crippen LogP contribution in [0.1, 0.15) is 57.6 Å². The Hall–Kier alpha value is -2.79. The highest BCUT2D eigenvalue weighted by Gasteiger charge is 2.53. The number of hydrogen-bond donors (Lipinski definition) is 4. The number of carbonyl (C=O) groups is 3. The van der Waals surface area contributed by atoms with E-state index >= 15 is 0 Å². The second kappa shape index (κ2) is 11.5. The van der Waals surface area contributed by atoms with Gasteiger partial charge in [0, 0.05) is 44.2 Å². The fraction of sp³-hybridized carbons (Fsp3) is 0.607. The van der Waals surface area contributed by atoms with Gasteiger partial charge in [-0.25, -0.2) is 0 Å². The van der Waals surface area contributed by atoms with E-state index in [1.54, 1.807) is 26.8 Å². The van der Waals surface area contributed by atoms with E-state index in [9.17, 15) is 24.6 Å². The molecule has 2 amide bonds. The van der Waals surface area contributed by atoms with Gasteiger partial charge in [-0.2, -0.15) is 0 Å². The Morgan fingerprint density at radius 2 is 1.82 bits per heavy atom. The summed E-state index contributed by atoms with van der Waals surface area (Å²) in [6.45, 7) is 5.07. The average molecular weight is 531 g/mol. The van der Waals surface area contributed by atoms with Gasteiger partial charge < -0.3 is 35.1 Å². The average Bonchev–Trinajstić information content (AvgIpc) is 3.39. The van der Waals surface area contributed by atoms with Crippen LogP contribution in [0.25, 0.3) is 0 Å². The number of aliphatic hydroxyl groups excluding tert-OH is 2. The van der Waals surface area contributed by atoms with Gasteiger partial charge in [0.15, 0.2) is 5.79 Å². The Labute approximate surface area is 222 Å². The van der Waals surface area contributed by atoms with Crippen LogP contribution < -0.4 is 10.6 Å². The summed E-state index contributed by atoms with van der Waals surface area (Å²) in [5, 5.41) is 25.6. The van der Waals surface area contributed by atoms with Crippen LogP contribution in [0, 0.1) is 0 Å². The normalized spacial score (nSPS) is 24.2. The number of benzene rings is 1. The predicted molar refractivity (Wildman–Crippen MR) is 137 cm³/mol. The molecule has 1 saturated heterocycles. The minimum Gasteiger partial charge on any atom is -0.460 e. The summed E-state index contributed by atoms with van der Waals surface area (Å²) in [5.74, 6) is -1.96. The Morgan fingerprint density at radius 1 is 1.13 bits per heavy atom. The second-order valence-corrected chi connectivity index (χ2v) is 11.2. The van der Waals surface area contributed by atoms with Gasteiger partial charge in [-0.3, -0.25) is 14.4 Å². The number of esters is 1. The van der Waals surface area contributed by atoms with Crippen molar-refractivity contribution < 1.29 is 38.8 Å². The van der Waals surface area contributed by atoms with Crippen molar-refractivity contribution in [3.63, 3.8) is 0 Å². The van der Waals surface area contributed by atoms with E-state index in [1.165, 1.54) is 0 Å². The van der Waals surface area contributed by atoms with Gasteiger partial charge in [0.2, 0.25) is 11.8 Å². The zero-order chi connectivity index (χ0) is 27.5. The van der Waals surface area contributed by atoms with Crippen LogP contribution in [0.2, 0.25) is 0 Å². The van der Waals surface area contributed by atoms with Crippen molar-refractivity contribution in [1.29, 1.82) is 0 Å². The standard InChI is InChI=1S/C28H38N2O8/c1-27(2,3)37-24(34)9-8-20(16-31)30-23(33)10-11-29-26(35)19-12-21(32)25-22(13-19)36-28(38-25)14-17-6-4-5-7-18(17)15-28/h4-7,13,20-22,25,31-32H,8-12,14-16H2,1-3H3,(H,29,35)(H,30,33)/t20-,21+,22+,25-/m0/s1. The highest BCUT2D eigenvalue weighted by molar-refractivity contribution is 5.94. The van der Waals surface area contributed by atoms with Gasteiger partial charge in [0.05, 0.1) is 18.8 Å². The zero-order valence-electron chi connectivity index (χ0n) is 22.2. The van der Waals surface area contributed by atoms with Crippen LogP contribution in [0.3, 0.4) is 0 Å².